The fourth-order valence-corrected chi connectivity index (χ4v) is 2.29. The second kappa shape index (κ2) is 5.35. The van der Waals surface area contributed by atoms with E-state index in [4.69, 9.17) is 16.3 Å². The van der Waals surface area contributed by atoms with Gasteiger partial charge in [0.1, 0.15) is 11.5 Å². The molecule has 98 valence electrons. The summed E-state index contributed by atoms with van der Waals surface area (Å²) in [6.45, 7) is 0. The summed E-state index contributed by atoms with van der Waals surface area (Å²) in [6, 6.07) is 18.8. The minimum Gasteiger partial charge on any atom is -0.456 e. The fraction of sp³-hybridized carbons (Fsp3) is 0. The summed E-state index contributed by atoms with van der Waals surface area (Å²) in [4.78, 5) is 11.1. The largest absolute Gasteiger partial charge is 0.456 e. The van der Waals surface area contributed by atoms with Gasteiger partial charge in [0.15, 0.2) is 6.29 Å². The molecular weight excluding hydrogens is 272 g/mol. The molecule has 0 spiro atoms. The molecule has 0 amide bonds. The maximum absolute atomic E-state index is 11.1. The number of benzene rings is 3. The van der Waals surface area contributed by atoms with E-state index in [1.54, 1.807) is 18.2 Å². The van der Waals surface area contributed by atoms with Gasteiger partial charge in [0.05, 0.1) is 5.56 Å². The van der Waals surface area contributed by atoms with Gasteiger partial charge >= 0.3 is 0 Å². The summed E-state index contributed by atoms with van der Waals surface area (Å²) in [5.74, 6) is 1.22. The molecule has 0 saturated carbocycles. The van der Waals surface area contributed by atoms with Crippen LogP contribution in [0.3, 0.4) is 0 Å². The molecule has 0 radical (unpaired) electrons. The molecule has 0 aliphatic heterocycles. The highest BCUT2D eigenvalue weighted by Crippen LogP contribution is 2.32. The highest BCUT2D eigenvalue weighted by Gasteiger charge is 2.07. The highest BCUT2D eigenvalue weighted by molar-refractivity contribution is 6.30. The van der Waals surface area contributed by atoms with Gasteiger partial charge in [-0.3, -0.25) is 4.79 Å². The van der Waals surface area contributed by atoms with Gasteiger partial charge < -0.3 is 4.74 Å². The molecule has 20 heavy (non-hydrogen) atoms. The van der Waals surface area contributed by atoms with Crippen molar-refractivity contribution in [2.75, 3.05) is 0 Å². The van der Waals surface area contributed by atoms with Gasteiger partial charge in [-0.05, 0) is 29.7 Å². The summed E-state index contributed by atoms with van der Waals surface area (Å²) in [6.07, 6.45) is 0.742. The fourth-order valence-electron chi connectivity index (χ4n) is 2.11. The van der Waals surface area contributed by atoms with Crippen LogP contribution in [0, 0.1) is 0 Å². The molecule has 0 N–H and O–H groups in total. The van der Waals surface area contributed by atoms with Gasteiger partial charge in [0.2, 0.25) is 0 Å². The van der Waals surface area contributed by atoms with Crippen molar-refractivity contribution in [3.8, 4) is 11.5 Å². The molecule has 0 heterocycles. The zero-order chi connectivity index (χ0) is 13.9. The summed E-state index contributed by atoms with van der Waals surface area (Å²) in [5.41, 5.74) is 0.436. The van der Waals surface area contributed by atoms with Crippen molar-refractivity contribution in [1.82, 2.24) is 0 Å². The van der Waals surface area contributed by atoms with Crippen LogP contribution in [0.2, 0.25) is 5.02 Å². The molecule has 0 aliphatic carbocycles. The molecule has 3 heteroatoms. The average Bonchev–Trinajstić information content (AvgIpc) is 2.49. The van der Waals surface area contributed by atoms with Gasteiger partial charge in [-0.15, -0.1) is 0 Å². The Morgan fingerprint density at radius 1 is 0.900 bits per heavy atom. The van der Waals surface area contributed by atoms with Crippen molar-refractivity contribution < 1.29 is 9.53 Å². The Kier molecular flexibility index (Phi) is 3.40. The molecule has 3 aromatic carbocycles. The zero-order valence-electron chi connectivity index (χ0n) is 10.5. The third kappa shape index (κ3) is 2.38. The van der Waals surface area contributed by atoms with Crippen LogP contribution in [0.5, 0.6) is 11.5 Å². The molecular formula is C17H11ClO2. The Labute approximate surface area is 121 Å². The van der Waals surface area contributed by atoms with Crippen molar-refractivity contribution in [1.29, 1.82) is 0 Å². The molecule has 0 saturated heterocycles. The Morgan fingerprint density at radius 3 is 2.55 bits per heavy atom. The lowest BCUT2D eigenvalue weighted by atomic mass is 10.1. The first-order valence-corrected chi connectivity index (χ1v) is 6.56. The van der Waals surface area contributed by atoms with E-state index in [9.17, 15) is 4.79 Å². The van der Waals surface area contributed by atoms with E-state index in [-0.39, 0.29) is 0 Å². The number of aldehydes is 1. The van der Waals surface area contributed by atoms with E-state index in [1.807, 2.05) is 42.5 Å². The first-order valence-electron chi connectivity index (χ1n) is 6.18. The minimum absolute atomic E-state index is 0.436. The molecule has 0 bridgehead atoms. The molecule has 0 aliphatic rings. The van der Waals surface area contributed by atoms with E-state index in [0.717, 1.165) is 17.1 Å². The van der Waals surface area contributed by atoms with Crippen LogP contribution in [0.1, 0.15) is 10.4 Å². The monoisotopic (exact) mass is 282 g/mol. The van der Waals surface area contributed by atoms with Crippen LogP contribution in [0.25, 0.3) is 10.8 Å². The standard InChI is InChI=1S/C17H11ClO2/c18-14-8-9-16(13(10-14)11-19)20-17-7-3-5-12-4-1-2-6-15(12)17/h1-11H. The Bertz CT molecular complexity index is 776. The predicted molar refractivity (Wildman–Crippen MR) is 80.9 cm³/mol. The lowest BCUT2D eigenvalue weighted by Crippen LogP contribution is -1.91. The van der Waals surface area contributed by atoms with E-state index in [1.165, 1.54) is 0 Å². The maximum atomic E-state index is 11.1. The first kappa shape index (κ1) is 12.7. The van der Waals surface area contributed by atoms with Gasteiger partial charge in [-0.25, -0.2) is 0 Å². The van der Waals surface area contributed by atoms with Crippen LogP contribution >= 0.6 is 11.6 Å². The summed E-state index contributed by atoms with van der Waals surface area (Å²) < 4.78 is 5.88. The molecule has 0 unspecified atom stereocenters. The number of halogens is 1. The second-order valence-corrected chi connectivity index (χ2v) is 4.82. The first-order chi connectivity index (χ1) is 9.78. The van der Waals surface area contributed by atoms with Gasteiger partial charge in [0.25, 0.3) is 0 Å². The summed E-state index contributed by atoms with van der Waals surface area (Å²) in [5, 5.41) is 2.60. The Hall–Kier alpha value is -2.32. The maximum Gasteiger partial charge on any atom is 0.153 e. The van der Waals surface area contributed by atoms with Crippen molar-refractivity contribution in [3.05, 3.63) is 71.2 Å². The smallest absolute Gasteiger partial charge is 0.153 e. The van der Waals surface area contributed by atoms with Crippen LogP contribution < -0.4 is 4.74 Å². The van der Waals surface area contributed by atoms with E-state index >= 15 is 0 Å². The van der Waals surface area contributed by atoms with Gasteiger partial charge in [0, 0.05) is 10.4 Å². The quantitative estimate of drug-likeness (QED) is 0.625. The lowest BCUT2D eigenvalue weighted by Gasteiger charge is -2.10. The van der Waals surface area contributed by atoms with Crippen LogP contribution in [-0.2, 0) is 0 Å². The van der Waals surface area contributed by atoms with E-state index in [0.29, 0.717) is 22.1 Å². The van der Waals surface area contributed by atoms with Gasteiger partial charge in [-0.2, -0.15) is 0 Å². The van der Waals surface area contributed by atoms with Crippen molar-refractivity contribution >= 4 is 28.7 Å². The minimum atomic E-state index is 0.436. The summed E-state index contributed by atoms with van der Waals surface area (Å²) >= 11 is 5.88. The molecule has 3 aromatic rings. The third-order valence-electron chi connectivity index (χ3n) is 3.07. The average molecular weight is 283 g/mol. The number of hydrogen-bond donors (Lipinski definition) is 0. The Balaban J connectivity index is 2.08. The normalized spacial score (nSPS) is 10.4. The van der Waals surface area contributed by atoms with E-state index in [2.05, 4.69) is 0 Å². The highest BCUT2D eigenvalue weighted by atomic mass is 35.5. The zero-order valence-corrected chi connectivity index (χ0v) is 11.3. The second-order valence-electron chi connectivity index (χ2n) is 4.38. The number of rotatable bonds is 3. The molecule has 0 aromatic heterocycles. The lowest BCUT2D eigenvalue weighted by molar-refractivity contribution is 0.112. The van der Waals surface area contributed by atoms with E-state index < -0.39 is 0 Å². The van der Waals surface area contributed by atoms with Gasteiger partial charge in [-0.1, -0.05) is 48.0 Å². The summed E-state index contributed by atoms with van der Waals surface area (Å²) in [7, 11) is 0. The number of hydrogen-bond acceptors (Lipinski definition) is 2. The number of carbonyl (C=O) groups is 1. The van der Waals surface area contributed by atoms with Crippen LogP contribution in [0.15, 0.2) is 60.7 Å². The van der Waals surface area contributed by atoms with Crippen LogP contribution in [-0.4, -0.2) is 6.29 Å². The topological polar surface area (TPSA) is 26.3 Å². The molecule has 3 rings (SSSR count). The molecule has 2 nitrogen and oxygen atoms in total. The van der Waals surface area contributed by atoms with Crippen molar-refractivity contribution in [2.45, 2.75) is 0 Å². The van der Waals surface area contributed by atoms with Crippen molar-refractivity contribution in [3.63, 3.8) is 0 Å². The Morgan fingerprint density at radius 2 is 1.70 bits per heavy atom. The number of ether oxygens (including phenoxy) is 1. The molecule has 0 atom stereocenters. The predicted octanol–water partition coefficient (Wildman–Crippen LogP) is 5.10. The third-order valence-corrected chi connectivity index (χ3v) is 3.30. The van der Waals surface area contributed by atoms with Crippen molar-refractivity contribution in [2.24, 2.45) is 0 Å². The SMILES string of the molecule is O=Cc1cc(Cl)ccc1Oc1cccc2ccccc12. The number of fused-ring (bicyclic) bond motifs is 1. The molecule has 0 fully saturated rings. The van der Waals surface area contributed by atoms with Crippen LogP contribution in [0.4, 0.5) is 0 Å². The number of carbonyl (C=O) groups excluding carboxylic acids is 1.